The first-order valence-electron chi connectivity index (χ1n) is 8.80. The Morgan fingerprint density at radius 1 is 1.03 bits per heavy atom. The van der Waals surface area contributed by atoms with Crippen molar-refractivity contribution in [3.63, 3.8) is 0 Å². The van der Waals surface area contributed by atoms with E-state index in [9.17, 15) is 27.9 Å². The third kappa shape index (κ3) is 7.02. The molecule has 0 aliphatic carbocycles. The van der Waals surface area contributed by atoms with E-state index in [1.54, 1.807) is 24.3 Å². The van der Waals surface area contributed by atoms with Crippen molar-refractivity contribution in [3.05, 3.63) is 48.0 Å². The van der Waals surface area contributed by atoms with Crippen molar-refractivity contribution in [2.75, 3.05) is 11.9 Å². The second-order valence-corrected chi connectivity index (χ2v) is 5.99. The van der Waals surface area contributed by atoms with E-state index in [1.807, 2.05) is 6.92 Å². The normalized spacial score (nSPS) is 11.0. The molecule has 6 nitrogen and oxygen atoms in total. The van der Waals surface area contributed by atoms with Gasteiger partial charge in [-0.2, -0.15) is 13.2 Å². The van der Waals surface area contributed by atoms with Gasteiger partial charge in [0.25, 0.3) is 0 Å². The first-order valence-corrected chi connectivity index (χ1v) is 8.80. The van der Waals surface area contributed by atoms with Crippen LogP contribution in [-0.4, -0.2) is 18.5 Å². The molecule has 0 saturated heterocycles. The van der Waals surface area contributed by atoms with Gasteiger partial charge in [-0.05, 0) is 62.2 Å². The molecule has 29 heavy (non-hydrogen) atoms. The molecular formula is C20H19F3NO5-. The van der Waals surface area contributed by atoms with E-state index < -0.39 is 23.6 Å². The van der Waals surface area contributed by atoms with E-state index >= 15 is 0 Å². The zero-order chi connectivity index (χ0) is 21.4. The minimum Gasteiger partial charge on any atom is -0.550 e. The average molecular weight is 410 g/mol. The molecule has 1 N–H and O–H groups in total. The van der Waals surface area contributed by atoms with Gasteiger partial charge in [0.15, 0.2) is 5.75 Å². The monoisotopic (exact) mass is 410 g/mol. The Kier molecular flexibility index (Phi) is 7.46. The number of hydrogen-bond acceptors (Lipinski definition) is 5. The quantitative estimate of drug-likeness (QED) is 0.680. The molecule has 0 aromatic heterocycles. The Labute approximate surface area is 165 Å². The number of amides is 1. The lowest BCUT2D eigenvalue weighted by Crippen LogP contribution is -2.22. The number of anilines is 1. The standard InChI is InChI=1S/C20H20F3NO5/c1-2-28-14-7-9-15(10-8-14)29-17-11-6-13(20(21,22)23)12-16(17)24-18(25)4-3-5-19(26)27/h6-12H,2-5H2,1H3,(H,24,25)(H,26,27)/p-1. The minimum absolute atomic E-state index is 0.00219. The number of carbonyl (C=O) groups excluding carboxylic acids is 2. The van der Waals surface area contributed by atoms with Crippen molar-refractivity contribution in [1.29, 1.82) is 0 Å². The number of carboxylic acid groups (broad SMARTS) is 1. The summed E-state index contributed by atoms with van der Waals surface area (Å²) in [7, 11) is 0. The highest BCUT2D eigenvalue weighted by atomic mass is 19.4. The summed E-state index contributed by atoms with van der Waals surface area (Å²) in [6, 6.07) is 9.15. The largest absolute Gasteiger partial charge is 0.550 e. The molecule has 2 rings (SSSR count). The molecule has 1 amide bonds. The summed E-state index contributed by atoms with van der Waals surface area (Å²) in [6.45, 7) is 2.31. The number of alkyl halides is 3. The fourth-order valence-corrected chi connectivity index (χ4v) is 2.40. The van der Waals surface area contributed by atoms with Crippen LogP contribution >= 0.6 is 0 Å². The lowest BCUT2D eigenvalue weighted by molar-refractivity contribution is -0.305. The second-order valence-electron chi connectivity index (χ2n) is 5.99. The lowest BCUT2D eigenvalue weighted by Gasteiger charge is -2.15. The average Bonchev–Trinajstić information content (AvgIpc) is 2.63. The van der Waals surface area contributed by atoms with Crippen LogP contribution in [0.4, 0.5) is 18.9 Å². The molecule has 0 radical (unpaired) electrons. The van der Waals surface area contributed by atoms with Crippen LogP contribution in [0.1, 0.15) is 31.7 Å². The van der Waals surface area contributed by atoms with E-state index in [0.717, 1.165) is 18.2 Å². The molecule has 0 fully saturated rings. The summed E-state index contributed by atoms with van der Waals surface area (Å²) >= 11 is 0. The van der Waals surface area contributed by atoms with Crippen LogP contribution < -0.4 is 19.9 Å². The Morgan fingerprint density at radius 3 is 2.28 bits per heavy atom. The number of halogens is 3. The van der Waals surface area contributed by atoms with E-state index in [4.69, 9.17) is 9.47 Å². The van der Waals surface area contributed by atoms with Gasteiger partial charge in [-0.25, -0.2) is 0 Å². The van der Waals surface area contributed by atoms with Crippen molar-refractivity contribution in [2.45, 2.75) is 32.4 Å². The summed E-state index contributed by atoms with van der Waals surface area (Å²) in [5.41, 5.74) is -1.13. The second kappa shape index (κ2) is 9.81. The van der Waals surface area contributed by atoms with Gasteiger partial charge in [-0.1, -0.05) is 0 Å². The van der Waals surface area contributed by atoms with Crippen molar-refractivity contribution in [1.82, 2.24) is 0 Å². The molecule has 0 saturated carbocycles. The number of benzene rings is 2. The van der Waals surface area contributed by atoms with Gasteiger partial charge in [-0.15, -0.1) is 0 Å². The van der Waals surface area contributed by atoms with Crippen LogP contribution in [0, 0.1) is 0 Å². The van der Waals surface area contributed by atoms with Crippen molar-refractivity contribution in [2.24, 2.45) is 0 Å². The van der Waals surface area contributed by atoms with Gasteiger partial charge in [0, 0.05) is 12.4 Å². The molecule has 156 valence electrons. The number of ether oxygens (including phenoxy) is 2. The smallest absolute Gasteiger partial charge is 0.416 e. The van der Waals surface area contributed by atoms with Gasteiger partial charge in [0.05, 0.1) is 17.9 Å². The summed E-state index contributed by atoms with van der Waals surface area (Å²) in [4.78, 5) is 22.4. The predicted octanol–water partition coefficient (Wildman–Crippen LogP) is 3.76. The van der Waals surface area contributed by atoms with E-state index in [0.29, 0.717) is 18.1 Å². The Hall–Kier alpha value is -3.23. The Bertz CT molecular complexity index is 850. The minimum atomic E-state index is -4.61. The number of carboxylic acids is 1. The Morgan fingerprint density at radius 2 is 1.69 bits per heavy atom. The highest BCUT2D eigenvalue weighted by Gasteiger charge is 2.31. The molecule has 2 aromatic rings. The molecule has 0 atom stereocenters. The molecule has 0 aliphatic heterocycles. The molecular weight excluding hydrogens is 391 g/mol. The van der Waals surface area contributed by atoms with Crippen LogP contribution in [0.5, 0.6) is 17.2 Å². The molecule has 0 spiro atoms. The topological polar surface area (TPSA) is 87.7 Å². The van der Waals surface area contributed by atoms with Gasteiger partial charge < -0.3 is 24.7 Å². The summed E-state index contributed by atoms with van der Waals surface area (Å²) < 4.78 is 50.0. The number of rotatable bonds is 9. The molecule has 0 bridgehead atoms. The summed E-state index contributed by atoms with van der Waals surface area (Å²) in [5, 5.41) is 12.8. The first-order chi connectivity index (χ1) is 13.7. The third-order valence-electron chi connectivity index (χ3n) is 3.73. The van der Waals surface area contributed by atoms with Crippen molar-refractivity contribution < 1.29 is 37.3 Å². The number of carbonyl (C=O) groups is 2. The van der Waals surface area contributed by atoms with Gasteiger partial charge in [0.2, 0.25) is 5.91 Å². The first kappa shape index (κ1) is 22.1. The predicted molar refractivity (Wildman–Crippen MR) is 96.6 cm³/mol. The maximum Gasteiger partial charge on any atom is 0.416 e. The maximum absolute atomic E-state index is 13.0. The fraction of sp³-hybridized carbons (Fsp3) is 0.300. The van der Waals surface area contributed by atoms with Gasteiger partial charge in [-0.3, -0.25) is 4.79 Å². The SMILES string of the molecule is CCOc1ccc(Oc2ccc(C(F)(F)F)cc2NC(=O)CCCC(=O)[O-])cc1. The summed E-state index contributed by atoms with van der Waals surface area (Å²) in [5.74, 6) is -0.997. The fourth-order valence-electron chi connectivity index (χ4n) is 2.40. The molecule has 2 aromatic carbocycles. The zero-order valence-corrected chi connectivity index (χ0v) is 15.5. The molecule has 0 heterocycles. The van der Waals surface area contributed by atoms with Crippen molar-refractivity contribution in [3.8, 4) is 17.2 Å². The van der Waals surface area contributed by atoms with Crippen LogP contribution in [0.25, 0.3) is 0 Å². The number of hydrogen-bond donors (Lipinski definition) is 1. The highest BCUT2D eigenvalue weighted by Crippen LogP contribution is 2.37. The van der Waals surface area contributed by atoms with Gasteiger partial charge in [0.1, 0.15) is 11.5 Å². The zero-order valence-electron chi connectivity index (χ0n) is 15.5. The molecule has 9 heteroatoms. The van der Waals surface area contributed by atoms with Crippen LogP contribution in [-0.2, 0) is 15.8 Å². The molecule has 0 aliphatic rings. The third-order valence-corrected chi connectivity index (χ3v) is 3.73. The van der Waals surface area contributed by atoms with Crippen LogP contribution in [0.15, 0.2) is 42.5 Å². The van der Waals surface area contributed by atoms with Crippen LogP contribution in [0.3, 0.4) is 0 Å². The van der Waals surface area contributed by atoms with Gasteiger partial charge >= 0.3 is 6.18 Å². The Balaban J connectivity index is 2.21. The maximum atomic E-state index is 13.0. The van der Waals surface area contributed by atoms with Crippen LogP contribution in [0.2, 0.25) is 0 Å². The number of aliphatic carboxylic acids is 1. The van der Waals surface area contributed by atoms with E-state index in [2.05, 4.69) is 5.32 Å². The highest BCUT2D eigenvalue weighted by molar-refractivity contribution is 5.92. The number of nitrogens with one attached hydrogen (secondary N) is 1. The molecule has 0 unspecified atom stereocenters. The van der Waals surface area contributed by atoms with Crippen molar-refractivity contribution >= 4 is 17.6 Å². The summed E-state index contributed by atoms with van der Waals surface area (Å²) in [6.07, 6.45) is -5.12. The van der Waals surface area contributed by atoms with E-state index in [-0.39, 0.29) is 30.7 Å². The van der Waals surface area contributed by atoms with E-state index in [1.165, 1.54) is 0 Å². The lowest BCUT2D eigenvalue weighted by atomic mass is 10.1.